The monoisotopic (exact) mass is 251 g/mol. The third kappa shape index (κ3) is 6.44. The first kappa shape index (κ1) is 15.3. The van der Waals surface area contributed by atoms with Crippen LogP contribution in [0.4, 0.5) is 0 Å². The Morgan fingerprint density at radius 3 is 1.87 bits per heavy atom. The van der Waals surface area contributed by atoms with Gasteiger partial charge in [0.25, 0.3) is 0 Å². The van der Waals surface area contributed by atoms with Gasteiger partial charge < -0.3 is 17.9 Å². The van der Waals surface area contributed by atoms with Crippen LogP contribution in [0.15, 0.2) is 0 Å². The summed E-state index contributed by atoms with van der Waals surface area (Å²) in [6, 6.07) is 0. The maximum absolute atomic E-state index is 5.96. The van der Waals surface area contributed by atoms with Crippen LogP contribution in [0.2, 0.25) is 13.1 Å². The molecule has 0 unspecified atom stereocenters. The third-order valence-electron chi connectivity index (χ3n) is 2.30. The Labute approximate surface area is 96.6 Å². The van der Waals surface area contributed by atoms with E-state index < -0.39 is 17.8 Å². The summed E-state index contributed by atoms with van der Waals surface area (Å²) in [7, 11) is -0.229. The zero-order chi connectivity index (χ0) is 11.9. The van der Waals surface area contributed by atoms with Crippen molar-refractivity contribution in [2.45, 2.75) is 26.9 Å². The highest BCUT2D eigenvalue weighted by molar-refractivity contribution is 6.76. The van der Waals surface area contributed by atoms with Crippen LogP contribution in [-0.4, -0.2) is 56.2 Å². The minimum atomic E-state index is -1.86. The van der Waals surface area contributed by atoms with Crippen LogP contribution in [0, 0.1) is 0 Å². The molecule has 0 saturated carbocycles. The Morgan fingerprint density at radius 1 is 1.07 bits per heavy atom. The lowest BCUT2D eigenvalue weighted by Gasteiger charge is -2.31. The van der Waals surface area contributed by atoms with Crippen molar-refractivity contribution in [3.05, 3.63) is 0 Å². The van der Waals surface area contributed by atoms with Gasteiger partial charge in [-0.2, -0.15) is 0 Å². The fraction of sp³-hybridized carbons (Fsp3) is 1.00. The maximum atomic E-state index is 5.96. The van der Waals surface area contributed by atoms with Crippen molar-refractivity contribution >= 4 is 17.8 Å². The van der Waals surface area contributed by atoms with Crippen molar-refractivity contribution in [3.8, 4) is 0 Å². The van der Waals surface area contributed by atoms with Gasteiger partial charge >= 0.3 is 9.53 Å². The van der Waals surface area contributed by atoms with E-state index in [9.17, 15) is 0 Å². The van der Waals surface area contributed by atoms with Crippen LogP contribution in [0.25, 0.3) is 0 Å². The molecule has 0 aromatic heterocycles. The molecule has 4 nitrogen and oxygen atoms in total. The Hall–Kier alpha value is 0.274. The van der Waals surface area contributed by atoms with Crippen LogP contribution < -0.4 is 0 Å². The van der Waals surface area contributed by atoms with Gasteiger partial charge in [-0.15, -0.1) is 0 Å². The molecule has 0 N–H and O–H groups in total. The summed E-state index contributed by atoms with van der Waals surface area (Å²) >= 11 is 0. The lowest BCUT2D eigenvalue weighted by molar-refractivity contribution is 0.194. The molecule has 0 aliphatic carbocycles. The zero-order valence-electron chi connectivity index (χ0n) is 10.9. The van der Waals surface area contributed by atoms with Crippen LogP contribution >= 0.6 is 0 Å². The average molecular weight is 251 g/mol. The first-order chi connectivity index (χ1) is 6.99. The van der Waals surface area contributed by atoms with E-state index in [-0.39, 0.29) is 0 Å². The molecule has 0 bridgehead atoms. The van der Waals surface area contributed by atoms with Crippen molar-refractivity contribution in [2.75, 3.05) is 33.5 Å². The molecular weight excluding hydrogens is 226 g/mol. The molecule has 6 heteroatoms. The zero-order valence-corrected chi connectivity index (χ0v) is 13.0. The summed E-state index contributed by atoms with van der Waals surface area (Å²) in [6.45, 7) is 10.9. The van der Waals surface area contributed by atoms with Crippen molar-refractivity contribution in [2.24, 2.45) is 0 Å². The first-order valence-electron chi connectivity index (χ1n) is 5.44. The summed E-state index contributed by atoms with van der Waals surface area (Å²) in [5.74, 6) is 0. The molecule has 0 aliphatic rings. The average Bonchev–Trinajstić information content (AvgIpc) is 2.22. The molecule has 0 radical (unpaired) electrons. The van der Waals surface area contributed by atoms with E-state index in [1.807, 2.05) is 0 Å². The van der Waals surface area contributed by atoms with Gasteiger partial charge in [0.15, 0.2) is 8.32 Å². The quantitative estimate of drug-likeness (QED) is 0.605. The summed E-state index contributed by atoms with van der Waals surface area (Å²) in [5.41, 5.74) is 0. The summed E-state index contributed by atoms with van der Waals surface area (Å²) in [4.78, 5) is 2.39. The molecule has 0 atom stereocenters. The lowest BCUT2D eigenvalue weighted by Crippen LogP contribution is -2.49. The van der Waals surface area contributed by atoms with Crippen molar-refractivity contribution < 1.29 is 13.0 Å². The van der Waals surface area contributed by atoms with Gasteiger partial charge in [0.05, 0.1) is 0 Å². The second kappa shape index (κ2) is 7.53. The van der Waals surface area contributed by atoms with Gasteiger partial charge in [0.2, 0.25) is 0 Å². The van der Waals surface area contributed by atoms with E-state index in [0.29, 0.717) is 0 Å². The molecule has 0 saturated heterocycles. The number of nitrogens with zero attached hydrogens (tertiary/aromatic N) is 1. The maximum Gasteiger partial charge on any atom is 0.473 e. The van der Waals surface area contributed by atoms with Crippen LogP contribution in [0.1, 0.15) is 13.8 Å². The fourth-order valence-corrected chi connectivity index (χ4v) is 6.34. The molecule has 0 spiro atoms. The molecule has 0 fully saturated rings. The minimum Gasteiger partial charge on any atom is -0.417 e. The minimum absolute atomic E-state index is 1.04. The third-order valence-corrected chi connectivity index (χ3v) is 7.60. The highest BCUT2D eigenvalue weighted by Gasteiger charge is 2.30. The highest BCUT2D eigenvalue weighted by atomic mass is 28.4. The molecule has 0 rings (SSSR count). The summed E-state index contributed by atoms with van der Waals surface area (Å²) in [6.07, 6.45) is 1.04. The standard InChI is InChI=1S/C9H25NO3Si2/c1-7-10(8-2)9-15(5,6)13-14(11-3)12-4/h14H,7-9H2,1-6H3. The SMILES string of the molecule is CCN(CC)C[Si](C)(C)O[SiH](OC)OC. The van der Waals surface area contributed by atoms with E-state index in [1.165, 1.54) is 0 Å². The summed E-state index contributed by atoms with van der Waals surface area (Å²) in [5, 5.41) is 0. The lowest BCUT2D eigenvalue weighted by atomic mass is 10.6. The van der Waals surface area contributed by atoms with Crippen LogP contribution in [0.3, 0.4) is 0 Å². The van der Waals surface area contributed by atoms with Gasteiger partial charge in [-0.1, -0.05) is 13.8 Å². The second-order valence-electron chi connectivity index (χ2n) is 4.10. The fourth-order valence-electron chi connectivity index (χ4n) is 1.48. The Kier molecular flexibility index (Phi) is 7.67. The van der Waals surface area contributed by atoms with E-state index >= 15 is 0 Å². The van der Waals surface area contributed by atoms with E-state index in [2.05, 4.69) is 31.8 Å². The molecular formula is C9H25NO3Si2. The Bertz CT molecular complexity index is 145. The molecule has 0 aromatic rings. The Balaban J connectivity index is 4.14. The van der Waals surface area contributed by atoms with Gasteiger partial charge in [-0.25, -0.2) is 0 Å². The summed E-state index contributed by atoms with van der Waals surface area (Å²) < 4.78 is 16.4. The number of rotatable bonds is 8. The van der Waals surface area contributed by atoms with Crippen LogP contribution in [0.5, 0.6) is 0 Å². The van der Waals surface area contributed by atoms with E-state index in [0.717, 1.165) is 19.3 Å². The van der Waals surface area contributed by atoms with Gasteiger partial charge in [-0.3, -0.25) is 0 Å². The van der Waals surface area contributed by atoms with Gasteiger partial charge in [0, 0.05) is 20.4 Å². The predicted octanol–water partition coefficient (Wildman–Crippen LogP) is 1.10. The Morgan fingerprint density at radius 2 is 1.53 bits per heavy atom. The molecule has 0 aliphatic heterocycles. The van der Waals surface area contributed by atoms with Gasteiger partial charge in [0.1, 0.15) is 0 Å². The predicted molar refractivity (Wildman–Crippen MR) is 67.5 cm³/mol. The molecule has 0 aromatic carbocycles. The number of hydrogen-bond acceptors (Lipinski definition) is 4. The van der Waals surface area contributed by atoms with E-state index in [1.54, 1.807) is 14.2 Å². The molecule has 92 valence electrons. The second-order valence-corrected chi connectivity index (χ2v) is 10.4. The van der Waals surface area contributed by atoms with Gasteiger partial charge in [-0.05, 0) is 26.2 Å². The molecule has 0 heterocycles. The highest BCUT2D eigenvalue weighted by Crippen LogP contribution is 2.09. The molecule has 15 heavy (non-hydrogen) atoms. The largest absolute Gasteiger partial charge is 0.473 e. The topological polar surface area (TPSA) is 30.9 Å². The van der Waals surface area contributed by atoms with E-state index in [4.69, 9.17) is 13.0 Å². The normalized spacial score (nSPS) is 12.8. The van der Waals surface area contributed by atoms with Crippen molar-refractivity contribution in [3.63, 3.8) is 0 Å². The van der Waals surface area contributed by atoms with Crippen LogP contribution in [-0.2, 0) is 13.0 Å². The smallest absolute Gasteiger partial charge is 0.417 e. The number of hydrogen-bond donors (Lipinski definition) is 0. The van der Waals surface area contributed by atoms with Crippen molar-refractivity contribution in [1.29, 1.82) is 0 Å². The first-order valence-corrected chi connectivity index (χ1v) is 9.97. The molecule has 0 amide bonds. The van der Waals surface area contributed by atoms with Crippen molar-refractivity contribution in [1.82, 2.24) is 4.90 Å².